The second-order valence-electron chi connectivity index (χ2n) is 10.8. The van der Waals surface area contributed by atoms with E-state index in [2.05, 4.69) is 5.32 Å². The highest BCUT2D eigenvalue weighted by Crippen LogP contribution is 2.52. The van der Waals surface area contributed by atoms with Gasteiger partial charge in [-0.1, -0.05) is 18.2 Å². The van der Waals surface area contributed by atoms with Gasteiger partial charge < -0.3 is 31.5 Å². The van der Waals surface area contributed by atoms with Gasteiger partial charge in [-0.3, -0.25) is 19.3 Å². The van der Waals surface area contributed by atoms with Crippen LogP contribution >= 0.6 is 0 Å². The standard InChI is InChI=1S/C29H30FN3O7/c1-33(2)23-18-10-15-9-17-14(12-32-11-13-3-6-16(30)7-4-13)5-8-19(34)21(17)24(35)20(15)26(37)29(18,40)27(38)22(25(23)36)28(31)39/h3-8,15,18,23,32,34,36-37,40H,9-12H2,1-2H3,(H2,31,39)/t15-,18-,23-,29-/m0/s1. The lowest BCUT2D eigenvalue weighted by Crippen LogP contribution is -2.63. The highest BCUT2D eigenvalue weighted by Gasteiger charge is 2.63. The van der Waals surface area contributed by atoms with Crippen LogP contribution in [0.25, 0.3) is 0 Å². The first-order valence-corrected chi connectivity index (χ1v) is 12.8. The number of nitrogens with one attached hydrogen (secondary N) is 1. The number of carbonyl (C=O) groups is 3. The summed E-state index contributed by atoms with van der Waals surface area (Å²) in [6.45, 7) is 0.747. The molecule has 0 spiro atoms. The first-order chi connectivity index (χ1) is 18.9. The van der Waals surface area contributed by atoms with Crippen molar-refractivity contribution < 1.29 is 39.2 Å². The Morgan fingerprint density at radius 2 is 1.77 bits per heavy atom. The molecule has 0 saturated carbocycles. The Hall–Kier alpha value is -4.06. The predicted octanol–water partition coefficient (Wildman–Crippen LogP) is 1.55. The van der Waals surface area contributed by atoms with Gasteiger partial charge >= 0.3 is 0 Å². The Balaban J connectivity index is 1.54. The quantitative estimate of drug-likeness (QED) is 0.291. The molecular formula is C29H30FN3O7. The van der Waals surface area contributed by atoms with Crippen molar-refractivity contribution in [2.24, 2.45) is 17.6 Å². The molecule has 0 bridgehead atoms. The monoisotopic (exact) mass is 551 g/mol. The number of aliphatic hydroxyl groups is 3. The van der Waals surface area contributed by atoms with E-state index in [0.717, 1.165) is 11.1 Å². The van der Waals surface area contributed by atoms with Gasteiger partial charge in [0, 0.05) is 24.6 Å². The number of rotatable bonds is 6. The van der Waals surface area contributed by atoms with Gasteiger partial charge in [-0.25, -0.2) is 4.39 Å². The summed E-state index contributed by atoms with van der Waals surface area (Å²) < 4.78 is 13.2. The molecule has 2 aromatic carbocycles. The van der Waals surface area contributed by atoms with Crippen LogP contribution in [-0.2, 0) is 29.1 Å². The summed E-state index contributed by atoms with van der Waals surface area (Å²) in [5.41, 5.74) is 3.74. The topological polar surface area (TPSA) is 173 Å². The number of primary amides is 1. The Kier molecular flexibility index (Phi) is 6.77. The van der Waals surface area contributed by atoms with Crippen molar-refractivity contribution in [3.8, 4) is 5.75 Å². The highest BCUT2D eigenvalue weighted by molar-refractivity contribution is 6.24. The number of hydrogen-bond donors (Lipinski definition) is 6. The Bertz CT molecular complexity index is 1500. The SMILES string of the molecule is CN(C)[C@@H]1C(O)=C(C(N)=O)C(=O)[C@@]2(O)C(O)=C3C(=O)c4c(O)ccc(CNCc5ccc(F)cc5)c4C[C@H]3C[C@@H]12. The van der Waals surface area contributed by atoms with Gasteiger partial charge in [0.1, 0.15) is 28.7 Å². The van der Waals surface area contributed by atoms with Gasteiger partial charge in [0.05, 0.1) is 11.6 Å². The van der Waals surface area contributed by atoms with Crippen molar-refractivity contribution in [3.63, 3.8) is 0 Å². The number of nitrogens with zero attached hydrogens (tertiary/aromatic N) is 1. The number of Topliss-reactive ketones (excluding diaryl/α,β-unsaturated/α-hetero) is 2. The third-order valence-electron chi connectivity index (χ3n) is 8.26. The summed E-state index contributed by atoms with van der Waals surface area (Å²) in [5.74, 6) is -7.17. The molecule has 210 valence electrons. The zero-order valence-corrected chi connectivity index (χ0v) is 21.9. The number of hydrogen-bond acceptors (Lipinski definition) is 9. The third-order valence-corrected chi connectivity index (χ3v) is 8.26. The van der Waals surface area contributed by atoms with Crippen LogP contribution in [0.4, 0.5) is 4.39 Å². The minimum absolute atomic E-state index is 0.0177. The summed E-state index contributed by atoms with van der Waals surface area (Å²) in [6, 6.07) is 8.03. The van der Waals surface area contributed by atoms with Crippen molar-refractivity contribution in [3.05, 3.63) is 87.1 Å². The second kappa shape index (κ2) is 9.84. The molecule has 40 heavy (non-hydrogen) atoms. The Labute approximate surface area is 229 Å². The van der Waals surface area contributed by atoms with E-state index in [9.17, 15) is 39.2 Å². The number of ketones is 2. The van der Waals surface area contributed by atoms with Crippen LogP contribution < -0.4 is 11.1 Å². The van der Waals surface area contributed by atoms with E-state index >= 15 is 0 Å². The maximum atomic E-state index is 13.8. The Morgan fingerprint density at radius 1 is 1.10 bits per heavy atom. The average Bonchev–Trinajstić information content (AvgIpc) is 2.88. The van der Waals surface area contributed by atoms with E-state index in [1.807, 2.05) is 0 Å². The fourth-order valence-corrected chi connectivity index (χ4v) is 6.42. The molecule has 4 atom stereocenters. The van der Waals surface area contributed by atoms with Gasteiger partial charge in [0.2, 0.25) is 5.78 Å². The largest absolute Gasteiger partial charge is 0.510 e. The van der Waals surface area contributed by atoms with Gasteiger partial charge in [-0.2, -0.15) is 0 Å². The van der Waals surface area contributed by atoms with Crippen LogP contribution in [0.3, 0.4) is 0 Å². The van der Waals surface area contributed by atoms with Crippen molar-refractivity contribution in [1.29, 1.82) is 0 Å². The van der Waals surface area contributed by atoms with Gasteiger partial charge in [0.15, 0.2) is 11.4 Å². The minimum Gasteiger partial charge on any atom is -0.510 e. The minimum atomic E-state index is -2.67. The number of allylic oxidation sites excluding steroid dienone is 1. The molecule has 3 aliphatic rings. The van der Waals surface area contributed by atoms with Crippen LogP contribution in [0.1, 0.15) is 33.5 Å². The van der Waals surface area contributed by atoms with Gasteiger partial charge in [-0.05, 0) is 67.7 Å². The fourth-order valence-electron chi connectivity index (χ4n) is 6.42. The average molecular weight is 552 g/mol. The van der Waals surface area contributed by atoms with Crippen molar-refractivity contribution in [1.82, 2.24) is 10.2 Å². The molecule has 0 aliphatic heterocycles. The van der Waals surface area contributed by atoms with Crippen LogP contribution in [0.2, 0.25) is 0 Å². The van der Waals surface area contributed by atoms with E-state index in [4.69, 9.17) is 5.73 Å². The normalized spacial score (nSPS) is 26.1. The lowest BCUT2D eigenvalue weighted by Gasteiger charge is -2.50. The molecule has 0 saturated heterocycles. The molecule has 3 aliphatic carbocycles. The van der Waals surface area contributed by atoms with Crippen LogP contribution in [0.5, 0.6) is 5.75 Å². The van der Waals surface area contributed by atoms with E-state index < -0.39 is 58.0 Å². The van der Waals surface area contributed by atoms with Gasteiger partial charge in [0.25, 0.3) is 5.91 Å². The number of likely N-dealkylation sites (N-methyl/N-ethyl adjacent to an activating group) is 1. The number of nitrogens with two attached hydrogens (primary N) is 1. The lowest BCUT2D eigenvalue weighted by atomic mass is 9.58. The summed E-state index contributed by atoms with van der Waals surface area (Å²) in [7, 11) is 3.16. The number of carbonyl (C=O) groups excluding carboxylic acids is 3. The summed E-state index contributed by atoms with van der Waals surface area (Å²) >= 11 is 0. The summed E-state index contributed by atoms with van der Waals surface area (Å²) in [4.78, 5) is 40.7. The number of halogens is 1. The van der Waals surface area contributed by atoms with Gasteiger partial charge in [-0.15, -0.1) is 0 Å². The molecule has 0 heterocycles. The van der Waals surface area contributed by atoms with E-state index in [1.54, 1.807) is 32.3 Å². The molecule has 2 aromatic rings. The molecular weight excluding hydrogens is 521 g/mol. The van der Waals surface area contributed by atoms with Crippen LogP contribution in [-0.4, -0.2) is 68.5 Å². The number of phenolic OH excluding ortho intramolecular Hbond substituents is 1. The highest BCUT2D eigenvalue weighted by atomic mass is 19.1. The van der Waals surface area contributed by atoms with E-state index in [0.29, 0.717) is 18.7 Å². The molecule has 1 amide bonds. The van der Waals surface area contributed by atoms with Crippen LogP contribution in [0, 0.1) is 17.7 Å². The molecule has 5 rings (SSSR count). The Morgan fingerprint density at radius 3 is 2.40 bits per heavy atom. The lowest BCUT2D eigenvalue weighted by molar-refractivity contribution is -0.148. The number of benzene rings is 2. The number of phenols is 1. The first kappa shape index (κ1) is 27.5. The zero-order valence-electron chi connectivity index (χ0n) is 21.9. The maximum Gasteiger partial charge on any atom is 0.255 e. The first-order valence-electron chi connectivity index (χ1n) is 12.8. The molecule has 0 radical (unpaired) electrons. The predicted molar refractivity (Wildman–Crippen MR) is 141 cm³/mol. The van der Waals surface area contributed by atoms with E-state index in [1.165, 1.54) is 23.1 Å². The molecule has 0 fully saturated rings. The number of amides is 1. The van der Waals surface area contributed by atoms with Crippen molar-refractivity contribution >= 4 is 17.5 Å². The maximum absolute atomic E-state index is 13.8. The molecule has 0 unspecified atom stereocenters. The second-order valence-corrected chi connectivity index (χ2v) is 10.8. The number of aliphatic hydroxyl groups excluding tert-OH is 2. The summed E-state index contributed by atoms with van der Waals surface area (Å²) in [6.07, 6.45) is 0.223. The number of fused-ring (bicyclic) bond motifs is 3. The molecule has 7 N–H and O–H groups in total. The van der Waals surface area contributed by atoms with Crippen molar-refractivity contribution in [2.45, 2.75) is 37.6 Å². The van der Waals surface area contributed by atoms with Crippen molar-refractivity contribution in [2.75, 3.05) is 14.1 Å². The third kappa shape index (κ3) is 4.09. The fraction of sp³-hybridized carbons (Fsp3) is 0.345. The molecule has 10 nitrogen and oxygen atoms in total. The number of aromatic hydroxyl groups is 1. The molecule has 0 aromatic heterocycles. The smallest absolute Gasteiger partial charge is 0.255 e. The van der Waals surface area contributed by atoms with Crippen LogP contribution in [0.15, 0.2) is 59.1 Å². The summed E-state index contributed by atoms with van der Waals surface area (Å²) in [5, 5.41) is 47.8. The zero-order chi connectivity index (χ0) is 29.1. The van der Waals surface area contributed by atoms with E-state index in [-0.39, 0.29) is 35.5 Å². The molecule has 11 heteroatoms.